The first kappa shape index (κ1) is 85.5. The van der Waals surface area contributed by atoms with Gasteiger partial charge in [-0.3, -0.25) is 0 Å². The Balaban J connectivity index is 0.0000000885. The van der Waals surface area contributed by atoms with Crippen LogP contribution < -0.4 is 0 Å². The second kappa shape index (κ2) is 35.0. The Kier molecular flexibility index (Phi) is 21.2. The number of nitrogens with zero attached hydrogens (tertiary/aromatic N) is 11. The third kappa shape index (κ3) is 14.8. The Labute approximate surface area is 852 Å². The van der Waals surface area contributed by atoms with Crippen molar-refractivity contribution in [3.63, 3.8) is 0 Å². The number of furan rings is 2. The van der Waals surface area contributed by atoms with Crippen LogP contribution in [0.25, 0.3) is 270 Å². The van der Waals surface area contributed by atoms with Crippen molar-refractivity contribution in [3.05, 3.63) is 390 Å². The first-order valence-electron chi connectivity index (χ1n) is 44.9. The molecule has 0 atom stereocenters. The lowest BCUT2D eigenvalue weighted by atomic mass is 10.0. The first-order chi connectivity index (χ1) is 69.4. The second-order valence-corrected chi connectivity index (χ2v) is 42.7. The van der Waals surface area contributed by atoms with Crippen LogP contribution in [0.4, 0.5) is 0 Å². The number of benzene rings is 16. The van der Waals surface area contributed by atoms with Crippen LogP contribution in [0, 0.1) is 0 Å². The number of hydrogen-bond acceptors (Lipinski definition) is 19. The maximum Gasteiger partial charge on any atom is 0.224 e. The minimum atomic E-state index is 0.247. The molecule has 31 rings (SSSR count). The normalized spacial score (nSPS) is 11.9. The lowest BCUT2D eigenvalue weighted by Gasteiger charge is -2.08. The molecule has 668 valence electrons. The third-order valence-electron chi connectivity index (χ3n) is 25.6. The number of thiophene rings is 7. The summed E-state index contributed by atoms with van der Waals surface area (Å²) in [5.74, 6) is 0. The number of fused-ring (bicyclic) bond motifs is 30. The molecular formula is C116H60Cl5N11O2S7. The molecule has 31 aromatic rings. The van der Waals surface area contributed by atoms with Gasteiger partial charge in [0, 0.05) is 184 Å². The van der Waals surface area contributed by atoms with Crippen molar-refractivity contribution in [1.29, 1.82) is 0 Å². The number of para-hydroxylation sites is 5. The molecular weight excluding hydrogens is 1980 g/mol. The van der Waals surface area contributed by atoms with Crippen LogP contribution in [0.3, 0.4) is 0 Å². The molecule has 0 aliphatic rings. The van der Waals surface area contributed by atoms with Crippen molar-refractivity contribution in [3.8, 4) is 62.0 Å². The van der Waals surface area contributed by atoms with Gasteiger partial charge in [-0.25, -0.2) is 49.8 Å². The van der Waals surface area contributed by atoms with Gasteiger partial charge < -0.3 is 13.4 Å². The summed E-state index contributed by atoms with van der Waals surface area (Å²) in [6, 6.07) is 126. The van der Waals surface area contributed by atoms with Gasteiger partial charge in [-0.1, -0.05) is 243 Å². The molecule has 0 radical (unpaired) electrons. The Morgan fingerprint density at radius 3 is 1.01 bits per heavy atom. The van der Waals surface area contributed by atoms with Crippen molar-refractivity contribution in [2.24, 2.45) is 0 Å². The minimum Gasteiger partial charge on any atom is -0.456 e. The summed E-state index contributed by atoms with van der Waals surface area (Å²) >= 11 is 43.4. The van der Waals surface area contributed by atoms with E-state index in [0.29, 0.717) is 10.6 Å². The number of halogens is 5. The lowest BCUT2D eigenvalue weighted by molar-refractivity contribution is 0.669. The van der Waals surface area contributed by atoms with E-state index in [9.17, 15) is 0 Å². The SMILES string of the molecule is Clc1nc(-c2ccc3c(c2)c2ccccc2n3-c2ccccc2)c2c(n1)sc1ccccc12.Clc1nc(-c2ccc3oc4ccccc4c3c2)c2c(n1)sc1ccccc12.Clc1nc(-c2ccc3sc4ccccc4c3c2)c2c(n1)sc1ccccc12.Clc1nc(-c2cccc3c2oc2ccccc23)c2c(n1)sc1ccccc12.Clc1nc(-c2cccc3c2sc2ccccc23)c2c(n1)sc1ccccc12. The van der Waals surface area contributed by atoms with E-state index >= 15 is 0 Å². The number of aromatic nitrogens is 11. The van der Waals surface area contributed by atoms with Gasteiger partial charge in [0.25, 0.3) is 0 Å². The van der Waals surface area contributed by atoms with Crippen LogP contribution in [0.15, 0.2) is 373 Å². The number of hydrogen-bond donors (Lipinski definition) is 0. The molecule has 0 N–H and O–H groups in total. The predicted octanol–water partition coefficient (Wildman–Crippen LogP) is 37.5. The molecule has 0 amide bonds. The van der Waals surface area contributed by atoms with E-state index in [-0.39, 0.29) is 15.9 Å². The molecule has 0 aliphatic heterocycles. The van der Waals surface area contributed by atoms with Crippen molar-refractivity contribution in [2.45, 2.75) is 0 Å². The number of rotatable bonds is 6. The molecule has 0 fully saturated rings. The molecule has 0 bridgehead atoms. The van der Waals surface area contributed by atoms with Gasteiger partial charge in [-0.2, -0.15) is 0 Å². The maximum atomic E-state index is 6.38. The van der Waals surface area contributed by atoms with Gasteiger partial charge in [0.1, 0.15) is 46.5 Å². The quantitative estimate of drug-likeness (QED) is 0.145. The Morgan fingerprint density at radius 1 is 0.199 bits per heavy atom. The second-order valence-electron chi connectivity index (χ2n) is 33.7. The smallest absolute Gasteiger partial charge is 0.224 e. The average Bonchev–Trinajstić information content (AvgIpc) is 1.66. The maximum absolute atomic E-state index is 6.38. The Morgan fingerprint density at radius 2 is 0.518 bits per heavy atom. The van der Waals surface area contributed by atoms with Gasteiger partial charge in [-0.15, -0.1) is 79.4 Å². The molecule has 141 heavy (non-hydrogen) atoms. The molecule has 15 aromatic heterocycles. The summed E-state index contributed by atoms with van der Waals surface area (Å²) in [5, 5.41) is 24.3. The molecule has 0 spiro atoms. The van der Waals surface area contributed by atoms with Crippen LogP contribution in [0.5, 0.6) is 0 Å². The highest BCUT2D eigenvalue weighted by Gasteiger charge is 2.26. The Hall–Kier alpha value is -14.7. The van der Waals surface area contributed by atoms with E-state index in [4.69, 9.17) is 71.8 Å². The van der Waals surface area contributed by atoms with E-state index in [1.165, 1.54) is 90.9 Å². The van der Waals surface area contributed by atoms with E-state index in [0.717, 1.165) is 179 Å². The van der Waals surface area contributed by atoms with Crippen molar-refractivity contribution >= 4 is 345 Å². The van der Waals surface area contributed by atoms with Gasteiger partial charge in [0.05, 0.1) is 39.5 Å². The molecule has 0 aliphatic carbocycles. The van der Waals surface area contributed by atoms with Crippen molar-refractivity contribution in [2.75, 3.05) is 0 Å². The van der Waals surface area contributed by atoms with E-state index < -0.39 is 0 Å². The summed E-state index contributed by atoms with van der Waals surface area (Å²) in [7, 11) is 0. The van der Waals surface area contributed by atoms with Crippen LogP contribution in [0.2, 0.25) is 26.4 Å². The molecule has 15 heterocycles. The van der Waals surface area contributed by atoms with Gasteiger partial charge >= 0.3 is 0 Å². The summed E-state index contributed by atoms with van der Waals surface area (Å²) < 4.78 is 25.5. The van der Waals surface area contributed by atoms with E-state index in [1.54, 1.807) is 68.0 Å². The van der Waals surface area contributed by atoms with Gasteiger partial charge in [0.2, 0.25) is 26.4 Å². The average molecular weight is 2040 g/mol. The summed E-state index contributed by atoms with van der Waals surface area (Å²) in [6.07, 6.45) is 0. The highest BCUT2D eigenvalue weighted by atomic mass is 35.5. The predicted molar refractivity (Wildman–Crippen MR) is 602 cm³/mol. The largest absolute Gasteiger partial charge is 0.456 e. The van der Waals surface area contributed by atoms with Crippen LogP contribution in [-0.4, -0.2) is 54.4 Å². The van der Waals surface area contributed by atoms with Crippen LogP contribution >= 0.6 is 137 Å². The van der Waals surface area contributed by atoms with Crippen LogP contribution in [-0.2, 0) is 0 Å². The molecule has 0 saturated carbocycles. The summed E-state index contributed by atoms with van der Waals surface area (Å²) in [6.45, 7) is 0. The third-order valence-corrected chi connectivity index (χ3v) is 34.2. The summed E-state index contributed by atoms with van der Waals surface area (Å²) in [5.41, 5.74) is 16.5. The van der Waals surface area contributed by atoms with Gasteiger partial charge in [-0.05, 0) is 179 Å². The van der Waals surface area contributed by atoms with E-state index in [1.807, 2.05) is 102 Å². The van der Waals surface area contributed by atoms with Crippen molar-refractivity contribution < 1.29 is 8.83 Å². The highest BCUT2D eigenvalue weighted by molar-refractivity contribution is 7.28. The molecule has 16 aromatic carbocycles. The van der Waals surface area contributed by atoms with Crippen LogP contribution in [0.1, 0.15) is 0 Å². The minimum absolute atomic E-state index is 0.247. The zero-order chi connectivity index (χ0) is 93.8. The molecule has 0 saturated heterocycles. The highest BCUT2D eigenvalue weighted by Crippen LogP contribution is 2.51. The first-order valence-corrected chi connectivity index (χ1v) is 52.5. The zero-order valence-electron chi connectivity index (χ0n) is 73.1. The standard InChI is InChI=1S/C28H16ClN3S.2C22H11ClN2OS.2C22H11ClN2S2/c29-28-30-26(25-20-11-5-7-13-24(20)33-27(25)31-28)17-14-15-23-21(16-17)19-10-4-6-12-22(19)32(23)18-8-2-1-3-9-18;23-22-24-19(18-14-7-2-4-11-17(14)27-21(18)25-22)15-9-5-8-13-12-6-1-3-10-16(12)26-20(13)15;23-22-24-20(19-14-6-2-4-8-18(14)27-21(19)25-22)12-9-10-17-15(11-12)13-5-1-3-7-16(13)26-17;23-22-24-19(18-14-7-2-4-11-17(14)27-21(18)25-22)15-9-5-8-13-12-6-1-3-10-16(12)26-20(13)15;23-22-24-20(19-14-6-2-4-8-17(14)27-21(19)25-22)12-9-10-18-15(11-12)13-5-1-3-7-16(13)26-18/h1-16H;4*1-11H. The molecule has 13 nitrogen and oxygen atoms in total. The topological polar surface area (TPSA) is 160 Å². The molecule has 25 heteroatoms. The lowest BCUT2D eigenvalue weighted by Crippen LogP contribution is -1.93. The fraction of sp³-hybridized carbons (Fsp3) is 0. The Bertz CT molecular complexity index is 10100. The summed E-state index contributed by atoms with van der Waals surface area (Å²) in [4.78, 5) is 50.2. The zero-order valence-corrected chi connectivity index (χ0v) is 82.6. The van der Waals surface area contributed by atoms with E-state index in [2.05, 4.69) is 322 Å². The molecule has 0 unspecified atom stereocenters. The van der Waals surface area contributed by atoms with Crippen molar-refractivity contribution in [1.82, 2.24) is 54.4 Å². The van der Waals surface area contributed by atoms with Gasteiger partial charge in [0.15, 0.2) is 0 Å². The monoisotopic (exact) mass is 2040 g/mol. The fourth-order valence-electron chi connectivity index (χ4n) is 19.6. The fourth-order valence-corrected chi connectivity index (χ4v) is 28.4.